The molecule has 17 heavy (non-hydrogen) atoms. The van der Waals surface area contributed by atoms with Gasteiger partial charge >= 0.3 is 0 Å². The Morgan fingerprint density at radius 3 is 2.76 bits per heavy atom. The van der Waals surface area contributed by atoms with Gasteiger partial charge in [-0.3, -0.25) is 4.79 Å². The van der Waals surface area contributed by atoms with Crippen LogP contribution in [0.5, 0.6) is 0 Å². The normalized spacial score (nSPS) is 18.3. The number of nitrogens with one attached hydrogen (secondary N) is 1. The van der Waals surface area contributed by atoms with Gasteiger partial charge < -0.3 is 5.32 Å². The van der Waals surface area contributed by atoms with Crippen molar-refractivity contribution in [2.24, 2.45) is 5.92 Å². The topological polar surface area (TPSA) is 29.1 Å². The maximum Gasteiger partial charge on any atom is 0.224 e. The fourth-order valence-corrected chi connectivity index (χ4v) is 2.40. The van der Waals surface area contributed by atoms with Crippen LogP contribution in [0.4, 0.5) is 5.69 Å². The minimum absolute atomic E-state index is 0.110. The van der Waals surface area contributed by atoms with E-state index in [1.54, 1.807) is 11.8 Å². The molecule has 0 radical (unpaired) electrons. The number of benzene rings is 1. The van der Waals surface area contributed by atoms with Crippen molar-refractivity contribution in [2.75, 3.05) is 11.6 Å². The Hall–Kier alpha value is -1.22. The van der Waals surface area contributed by atoms with Crippen LogP contribution in [0.15, 0.2) is 41.3 Å². The summed E-state index contributed by atoms with van der Waals surface area (Å²) in [6.07, 6.45) is 9.17. The Labute approximate surface area is 106 Å². The van der Waals surface area contributed by atoms with E-state index in [2.05, 4.69) is 17.5 Å². The first-order valence-electron chi connectivity index (χ1n) is 5.88. The molecule has 0 aliphatic heterocycles. The Balaban J connectivity index is 1.86. The molecule has 0 aromatic heterocycles. The highest BCUT2D eigenvalue weighted by atomic mass is 32.2. The molecular weight excluding hydrogens is 230 g/mol. The lowest BCUT2D eigenvalue weighted by Crippen LogP contribution is -2.14. The summed E-state index contributed by atoms with van der Waals surface area (Å²) in [5.74, 6) is 0.541. The van der Waals surface area contributed by atoms with Crippen molar-refractivity contribution in [2.45, 2.75) is 24.2 Å². The van der Waals surface area contributed by atoms with E-state index in [1.807, 2.05) is 30.5 Å². The number of anilines is 1. The average Bonchev–Trinajstić information content (AvgIpc) is 2.82. The summed E-state index contributed by atoms with van der Waals surface area (Å²) in [4.78, 5) is 13.0. The molecule has 1 aliphatic carbocycles. The van der Waals surface area contributed by atoms with Crippen molar-refractivity contribution >= 4 is 23.4 Å². The van der Waals surface area contributed by atoms with E-state index < -0.39 is 0 Å². The van der Waals surface area contributed by atoms with Crippen molar-refractivity contribution in [3.63, 3.8) is 0 Å². The molecule has 0 saturated heterocycles. The Kier molecular flexibility index (Phi) is 4.26. The van der Waals surface area contributed by atoms with E-state index in [0.717, 1.165) is 18.5 Å². The van der Waals surface area contributed by atoms with Crippen LogP contribution < -0.4 is 5.32 Å². The zero-order chi connectivity index (χ0) is 12.1. The quantitative estimate of drug-likeness (QED) is 0.649. The van der Waals surface area contributed by atoms with Crippen molar-refractivity contribution in [3.8, 4) is 0 Å². The van der Waals surface area contributed by atoms with Gasteiger partial charge in [0.15, 0.2) is 0 Å². The van der Waals surface area contributed by atoms with E-state index in [0.29, 0.717) is 12.3 Å². The number of hydrogen-bond donors (Lipinski definition) is 1. The fourth-order valence-electron chi connectivity index (χ4n) is 1.99. The second kappa shape index (κ2) is 5.92. The van der Waals surface area contributed by atoms with Crippen LogP contribution in [0, 0.1) is 5.92 Å². The summed E-state index contributed by atoms with van der Waals surface area (Å²) in [7, 11) is 0. The van der Waals surface area contributed by atoms with Gasteiger partial charge in [0.25, 0.3) is 0 Å². The largest absolute Gasteiger partial charge is 0.326 e. The first-order chi connectivity index (χ1) is 8.28. The third-order valence-corrected chi connectivity index (χ3v) is 3.68. The molecule has 0 heterocycles. The number of hydrogen-bond acceptors (Lipinski definition) is 2. The molecule has 90 valence electrons. The molecule has 1 amide bonds. The zero-order valence-corrected chi connectivity index (χ0v) is 10.8. The van der Waals surface area contributed by atoms with Crippen LogP contribution in [0.25, 0.3) is 0 Å². The smallest absolute Gasteiger partial charge is 0.224 e. The summed E-state index contributed by atoms with van der Waals surface area (Å²) in [5, 5.41) is 2.94. The molecule has 1 N–H and O–H groups in total. The molecule has 0 fully saturated rings. The van der Waals surface area contributed by atoms with Gasteiger partial charge in [0, 0.05) is 17.0 Å². The van der Waals surface area contributed by atoms with Gasteiger partial charge in [-0.1, -0.05) is 12.2 Å². The van der Waals surface area contributed by atoms with Crippen LogP contribution in [-0.4, -0.2) is 12.2 Å². The zero-order valence-electron chi connectivity index (χ0n) is 9.98. The molecule has 0 bridgehead atoms. The lowest BCUT2D eigenvalue weighted by Gasteiger charge is -2.09. The standard InChI is InChI=1S/C14H17NOS/c1-17-13-8-6-12(7-9-13)15-14(16)10-11-4-2-3-5-11/h2,4,6-9,11H,3,5,10H2,1H3,(H,15,16)/t11-/m1/s1. The first-order valence-corrected chi connectivity index (χ1v) is 7.11. The van der Waals surface area contributed by atoms with Gasteiger partial charge in [-0.25, -0.2) is 0 Å². The number of allylic oxidation sites excluding steroid dienone is 2. The summed E-state index contributed by atoms with van der Waals surface area (Å²) in [5.41, 5.74) is 0.884. The number of carbonyl (C=O) groups is 1. The molecule has 0 unspecified atom stereocenters. The SMILES string of the molecule is CSc1ccc(NC(=O)C[C@@H]2C=CCC2)cc1. The third kappa shape index (κ3) is 3.63. The van der Waals surface area contributed by atoms with Crippen molar-refractivity contribution in [1.82, 2.24) is 0 Å². The third-order valence-electron chi connectivity index (χ3n) is 2.93. The highest BCUT2D eigenvalue weighted by Gasteiger charge is 2.13. The van der Waals surface area contributed by atoms with E-state index in [1.165, 1.54) is 4.90 Å². The molecule has 2 nitrogen and oxygen atoms in total. The van der Waals surface area contributed by atoms with E-state index >= 15 is 0 Å². The van der Waals surface area contributed by atoms with Gasteiger partial charge in [0.1, 0.15) is 0 Å². The van der Waals surface area contributed by atoms with Crippen LogP contribution in [-0.2, 0) is 4.79 Å². The van der Waals surface area contributed by atoms with Gasteiger partial charge in [0.05, 0.1) is 0 Å². The van der Waals surface area contributed by atoms with Crippen molar-refractivity contribution in [1.29, 1.82) is 0 Å². The molecular formula is C14H17NOS. The van der Waals surface area contributed by atoms with E-state index in [-0.39, 0.29) is 5.91 Å². The van der Waals surface area contributed by atoms with Gasteiger partial charge in [-0.2, -0.15) is 0 Å². The Morgan fingerprint density at radius 2 is 2.18 bits per heavy atom. The fraction of sp³-hybridized carbons (Fsp3) is 0.357. The van der Waals surface area contributed by atoms with Crippen LogP contribution >= 0.6 is 11.8 Å². The maximum atomic E-state index is 11.8. The number of carbonyl (C=O) groups excluding carboxylic acids is 1. The summed E-state index contributed by atoms with van der Waals surface area (Å²) in [6.45, 7) is 0. The van der Waals surface area contributed by atoms with Crippen LogP contribution in [0.3, 0.4) is 0 Å². The van der Waals surface area contributed by atoms with Crippen LogP contribution in [0.2, 0.25) is 0 Å². The Bertz CT molecular complexity index is 411. The molecule has 0 saturated carbocycles. The van der Waals surface area contributed by atoms with Gasteiger partial charge in [0.2, 0.25) is 5.91 Å². The predicted molar refractivity (Wildman–Crippen MR) is 73.3 cm³/mol. The number of rotatable bonds is 4. The minimum Gasteiger partial charge on any atom is -0.326 e. The van der Waals surface area contributed by atoms with E-state index in [4.69, 9.17) is 0 Å². The van der Waals surface area contributed by atoms with Gasteiger partial charge in [-0.15, -0.1) is 11.8 Å². The van der Waals surface area contributed by atoms with Crippen LogP contribution in [0.1, 0.15) is 19.3 Å². The lowest BCUT2D eigenvalue weighted by molar-refractivity contribution is -0.116. The first kappa shape index (κ1) is 12.2. The monoisotopic (exact) mass is 247 g/mol. The molecule has 3 heteroatoms. The molecule has 1 aromatic rings. The van der Waals surface area contributed by atoms with Crippen molar-refractivity contribution in [3.05, 3.63) is 36.4 Å². The highest BCUT2D eigenvalue weighted by Crippen LogP contribution is 2.22. The summed E-state index contributed by atoms with van der Waals surface area (Å²) in [6, 6.07) is 7.95. The molecule has 2 rings (SSSR count). The Morgan fingerprint density at radius 1 is 1.41 bits per heavy atom. The summed E-state index contributed by atoms with van der Waals surface area (Å²) >= 11 is 1.70. The van der Waals surface area contributed by atoms with E-state index in [9.17, 15) is 4.79 Å². The highest BCUT2D eigenvalue weighted by molar-refractivity contribution is 7.98. The average molecular weight is 247 g/mol. The predicted octanol–water partition coefficient (Wildman–Crippen LogP) is 3.70. The molecule has 0 spiro atoms. The number of thioether (sulfide) groups is 1. The maximum absolute atomic E-state index is 11.8. The minimum atomic E-state index is 0.110. The van der Waals surface area contributed by atoms with Gasteiger partial charge in [-0.05, 0) is 49.3 Å². The molecule has 1 aromatic carbocycles. The molecule has 1 aliphatic rings. The second-order valence-corrected chi connectivity index (χ2v) is 5.13. The van der Waals surface area contributed by atoms with Crippen molar-refractivity contribution < 1.29 is 4.79 Å². The summed E-state index contributed by atoms with van der Waals surface area (Å²) < 4.78 is 0. The lowest BCUT2D eigenvalue weighted by atomic mass is 10.1. The molecule has 1 atom stereocenters. The second-order valence-electron chi connectivity index (χ2n) is 4.25. The number of amides is 1.